The zero-order chi connectivity index (χ0) is 13.3. The third-order valence-electron chi connectivity index (χ3n) is 3.08. The van der Waals surface area contributed by atoms with E-state index in [4.69, 9.17) is 5.73 Å². The van der Waals surface area contributed by atoms with E-state index in [1.165, 1.54) is 11.1 Å². The van der Waals surface area contributed by atoms with Crippen LogP contribution in [0.5, 0.6) is 0 Å². The summed E-state index contributed by atoms with van der Waals surface area (Å²) in [4.78, 5) is 0. The molecule has 0 atom stereocenters. The largest absolute Gasteiger partial charge is 0.383 e. The van der Waals surface area contributed by atoms with Crippen LogP contribution in [-0.4, -0.2) is 9.78 Å². The minimum absolute atomic E-state index is 0.361. The zero-order valence-electron chi connectivity index (χ0n) is 10.9. The number of anilines is 1. The molecule has 0 spiro atoms. The number of rotatable bonds is 3. The van der Waals surface area contributed by atoms with Gasteiger partial charge < -0.3 is 5.73 Å². The van der Waals surface area contributed by atoms with Gasteiger partial charge in [0.1, 0.15) is 5.82 Å². The molecule has 0 aliphatic carbocycles. The molecule has 0 unspecified atom stereocenters. The van der Waals surface area contributed by atoms with Gasteiger partial charge >= 0.3 is 0 Å². The molecule has 1 heterocycles. The molecule has 0 radical (unpaired) electrons. The molecule has 0 saturated heterocycles. The number of nitrogen functional groups attached to an aromatic ring is 1. The average Bonchev–Trinajstić information content (AvgIpc) is 2.60. The van der Waals surface area contributed by atoms with Crippen molar-refractivity contribution < 1.29 is 0 Å². The SMILES string of the molecule is Cc1ccccc1Cn1nc(C(C)C)c(Br)c1N. The smallest absolute Gasteiger partial charge is 0.136 e. The molecule has 2 aromatic rings. The molecule has 0 aliphatic rings. The van der Waals surface area contributed by atoms with E-state index in [0.29, 0.717) is 18.3 Å². The summed E-state index contributed by atoms with van der Waals surface area (Å²) in [5, 5.41) is 4.59. The normalized spacial score (nSPS) is 11.2. The van der Waals surface area contributed by atoms with E-state index in [9.17, 15) is 0 Å². The van der Waals surface area contributed by atoms with E-state index >= 15 is 0 Å². The fourth-order valence-corrected chi connectivity index (χ4v) is 2.65. The van der Waals surface area contributed by atoms with Gasteiger partial charge in [-0.05, 0) is 39.9 Å². The lowest BCUT2D eigenvalue weighted by molar-refractivity contribution is 0.662. The van der Waals surface area contributed by atoms with Crippen molar-refractivity contribution in [2.24, 2.45) is 0 Å². The molecule has 18 heavy (non-hydrogen) atoms. The van der Waals surface area contributed by atoms with Crippen LogP contribution < -0.4 is 5.73 Å². The molecule has 2 rings (SSSR count). The van der Waals surface area contributed by atoms with Crippen molar-refractivity contribution >= 4 is 21.7 Å². The van der Waals surface area contributed by atoms with Crippen molar-refractivity contribution in [1.29, 1.82) is 0 Å². The van der Waals surface area contributed by atoms with Crippen LogP contribution in [0.2, 0.25) is 0 Å². The molecule has 0 aliphatic heterocycles. The first-order valence-electron chi connectivity index (χ1n) is 6.07. The third kappa shape index (κ3) is 2.43. The van der Waals surface area contributed by atoms with Crippen molar-refractivity contribution in [1.82, 2.24) is 9.78 Å². The molecule has 1 aromatic heterocycles. The van der Waals surface area contributed by atoms with Gasteiger partial charge in [0.2, 0.25) is 0 Å². The average molecular weight is 308 g/mol. The Balaban J connectivity index is 2.36. The van der Waals surface area contributed by atoms with E-state index in [1.54, 1.807) is 0 Å². The van der Waals surface area contributed by atoms with Gasteiger partial charge in [-0.15, -0.1) is 0 Å². The van der Waals surface area contributed by atoms with Crippen molar-refractivity contribution in [3.05, 3.63) is 45.6 Å². The second-order valence-electron chi connectivity index (χ2n) is 4.82. The molecule has 1 aromatic carbocycles. The first kappa shape index (κ1) is 13.1. The second kappa shape index (κ2) is 5.14. The van der Waals surface area contributed by atoms with E-state index in [-0.39, 0.29) is 0 Å². The summed E-state index contributed by atoms with van der Waals surface area (Å²) in [6, 6.07) is 8.30. The quantitative estimate of drug-likeness (QED) is 0.939. The highest BCUT2D eigenvalue weighted by Gasteiger charge is 2.16. The molecule has 3 nitrogen and oxygen atoms in total. The number of nitrogens with zero attached hydrogens (tertiary/aromatic N) is 2. The van der Waals surface area contributed by atoms with Gasteiger partial charge in [-0.25, -0.2) is 4.68 Å². The third-order valence-corrected chi connectivity index (χ3v) is 3.90. The Labute approximate surface area is 116 Å². The molecule has 2 N–H and O–H groups in total. The van der Waals surface area contributed by atoms with Gasteiger partial charge in [0, 0.05) is 0 Å². The van der Waals surface area contributed by atoms with E-state index < -0.39 is 0 Å². The van der Waals surface area contributed by atoms with E-state index in [1.807, 2.05) is 16.8 Å². The number of benzene rings is 1. The monoisotopic (exact) mass is 307 g/mol. The summed E-state index contributed by atoms with van der Waals surface area (Å²) in [7, 11) is 0. The first-order chi connectivity index (χ1) is 8.50. The Hall–Kier alpha value is -1.29. The standard InChI is InChI=1S/C14H18BrN3/c1-9(2)13-12(15)14(16)18(17-13)8-11-7-5-4-6-10(11)3/h4-7,9H,8,16H2,1-3H3. The number of nitrogens with two attached hydrogens (primary N) is 1. The van der Waals surface area contributed by atoms with Gasteiger partial charge in [0.25, 0.3) is 0 Å². The minimum atomic E-state index is 0.361. The number of hydrogen-bond acceptors (Lipinski definition) is 2. The Morgan fingerprint density at radius 2 is 2.00 bits per heavy atom. The minimum Gasteiger partial charge on any atom is -0.383 e. The van der Waals surface area contributed by atoms with Gasteiger partial charge in [-0.1, -0.05) is 38.1 Å². The molecule has 0 bridgehead atoms. The topological polar surface area (TPSA) is 43.8 Å². The maximum atomic E-state index is 6.09. The highest BCUT2D eigenvalue weighted by Crippen LogP contribution is 2.29. The molecule has 0 saturated carbocycles. The zero-order valence-corrected chi connectivity index (χ0v) is 12.5. The van der Waals surface area contributed by atoms with Crippen molar-refractivity contribution in [3.8, 4) is 0 Å². The van der Waals surface area contributed by atoms with Crippen LogP contribution in [0.4, 0.5) is 5.82 Å². The van der Waals surface area contributed by atoms with Crippen LogP contribution in [0.25, 0.3) is 0 Å². The lowest BCUT2D eigenvalue weighted by atomic mass is 10.1. The van der Waals surface area contributed by atoms with E-state index in [2.05, 4.69) is 53.9 Å². The van der Waals surface area contributed by atoms with Crippen LogP contribution in [0.3, 0.4) is 0 Å². The highest BCUT2D eigenvalue weighted by molar-refractivity contribution is 9.10. The predicted octanol–water partition coefficient (Wildman–Crippen LogP) is 3.71. The fraction of sp³-hybridized carbons (Fsp3) is 0.357. The van der Waals surface area contributed by atoms with Gasteiger partial charge in [0.05, 0.1) is 16.7 Å². The van der Waals surface area contributed by atoms with Crippen LogP contribution in [0.15, 0.2) is 28.7 Å². The molecule has 0 amide bonds. The maximum absolute atomic E-state index is 6.09. The predicted molar refractivity (Wildman–Crippen MR) is 78.7 cm³/mol. The summed E-state index contributed by atoms with van der Waals surface area (Å²) >= 11 is 3.53. The fourth-order valence-electron chi connectivity index (χ4n) is 1.91. The lowest BCUT2D eigenvalue weighted by Crippen LogP contribution is -2.07. The lowest BCUT2D eigenvalue weighted by Gasteiger charge is -2.07. The molecular weight excluding hydrogens is 290 g/mol. The highest BCUT2D eigenvalue weighted by atomic mass is 79.9. The number of hydrogen-bond donors (Lipinski definition) is 1. The summed E-state index contributed by atoms with van der Waals surface area (Å²) in [5.41, 5.74) is 9.61. The Bertz CT molecular complexity index is 558. The Morgan fingerprint density at radius 3 is 2.56 bits per heavy atom. The van der Waals surface area contributed by atoms with Crippen LogP contribution >= 0.6 is 15.9 Å². The molecule has 96 valence electrons. The second-order valence-corrected chi connectivity index (χ2v) is 5.62. The van der Waals surface area contributed by atoms with Crippen LogP contribution in [0, 0.1) is 6.92 Å². The summed E-state index contributed by atoms with van der Waals surface area (Å²) < 4.78 is 2.79. The number of aryl methyl sites for hydroxylation is 1. The molecular formula is C14H18BrN3. The molecule has 4 heteroatoms. The van der Waals surface area contributed by atoms with Crippen molar-refractivity contribution in [2.45, 2.75) is 33.2 Å². The first-order valence-corrected chi connectivity index (χ1v) is 6.86. The van der Waals surface area contributed by atoms with Gasteiger partial charge in [0.15, 0.2) is 0 Å². The van der Waals surface area contributed by atoms with Crippen molar-refractivity contribution in [2.75, 3.05) is 5.73 Å². The Kier molecular flexibility index (Phi) is 3.76. The van der Waals surface area contributed by atoms with Crippen LogP contribution in [0.1, 0.15) is 36.6 Å². The van der Waals surface area contributed by atoms with Crippen LogP contribution in [-0.2, 0) is 6.54 Å². The van der Waals surface area contributed by atoms with Crippen molar-refractivity contribution in [3.63, 3.8) is 0 Å². The summed E-state index contributed by atoms with van der Waals surface area (Å²) in [6.45, 7) is 7.05. The number of aromatic nitrogens is 2. The molecule has 0 fully saturated rings. The number of halogens is 1. The maximum Gasteiger partial charge on any atom is 0.136 e. The van der Waals surface area contributed by atoms with E-state index in [0.717, 1.165) is 10.2 Å². The van der Waals surface area contributed by atoms with Gasteiger partial charge in [-0.2, -0.15) is 5.10 Å². The summed E-state index contributed by atoms with van der Waals surface area (Å²) in [6.07, 6.45) is 0. The Morgan fingerprint density at radius 1 is 1.33 bits per heavy atom. The van der Waals surface area contributed by atoms with Gasteiger partial charge in [-0.3, -0.25) is 0 Å². The summed E-state index contributed by atoms with van der Waals surface area (Å²) in [5.74, 6) is 1.06.